The van der Waals surface area contributed by atoms with E-state index in [0.29, 0.717) is 6.04 Å². The van der Waals surface area contributed by atoms with Crippen LogP contribution in [0.5, 0.6) is 0 Å². The van der Waals surface area contributed by atoms with Gasteiger partial charge in [-0.05, 0) is 43.9 Å². The maximum atomic E-state index is 11.9. The van der Waals surface area contributed by atoms with Crippen molar-refractivity contribution in [2.45, 2.75) is 32.2 Å². The number of hydrogen-bond acceptors (Lipinski definition) is 1. The molecule has 1 aromatic rings. The zero-order valence-corrected chi connectivity index (χ0v) is 10.3. The van der Waals surface area contributed by atoms with E-state index in [1.165, 1.54) is 6.42 Å². The van der Waals surface area contributed by atoms with Gasteiger partial charge in [0.1, 0.15) is 0 Å². The highest BCUT2D eigenvalue weighted by molar-refractivity contribution is 9.10. The summed E-state index contributed by atoms with van der Waals surface area (Å²) >= 11 is 3.43. The van der Waals surface area contributed by atoms with Gasteiger partial charge in [-0.1, -0.05) is 22.0 Å². The van der Waals surface area contributed by atoms with Crippen LogP contribution in [-0.2, 0) is 0 Å². The summed E-state index contributed by atoms with van der Waals surface area (Å²) in [6.07, 6.45) is 3.49. The summed E-state index contributed by atoms with van der Waals surface area (Å²) in [6.45, 7) is 1.96. The van der Waals surface area contributed by atoms with Crippen LogP contribution in [0.25, 0.3) is 0 Å². The first-order valence-electron chi connectivity index (χ1n) is 5.24. The van der Waals surface area contributed by atoms with E-state index in [0.717, 1.165) is 28.4 Å². The van der Waals surface area contributed by atoms with E-state index in [1.54, 1.807) is 0 Å². The van der Waals surface area contributed by atoms with Gasteiger partial charge in [-0.2, -0.15) is 0 Å². The number of amides is 1. The van der Waals surface area contributed by atoms with Crippen LogP contribution in [0.4, 0.5) is 0 Å². The van der Waals surface area contributed by atoms with Crippen molar-refractivity contribution in [3.05, 3.63) is 33.8 Å². The number of rotatable bonds is 2. The molecular weight excluding hydrogens is 254 g/mol. The molecule has 0 aromatic heterocycles. The van der Waals surface area contributed by atoms with Crippen molar-refractivity contribution in [1.82, 2.24) is 5.32 Å². The van der Waals surface area contributed by atoms with Gasteiger partial charge in [-0.3, -0.25) is 4.79 Å². The molecule has 1 N–H and O–H groups in total. The molecule has 0 saturated heterocycles. The Labute approximate surface area is 98.2 Å². The monoisotopic (exact) mass is 267 g/mol. The first kappa shape index (κ1) is 10.7. The summed E-state index contributed by atoms with van der Waals surface area (Å²) in [4.78, 5) is 11.9. The Hall–Kier alpha value is -0.830. The Morgan fingerprint density at radius 2 is 2.20 bits per heavy atom. The molecule has 1 amide bonds. The lowest BCUT2D eigenvalue weighted by atomic mass is 9.92. The van der Waals surface area contributed by atoms with Gasteiger partial charge in [0.15, 0.2) is 0 Å². The number of carbonyl (C=O) groups excluding carboxylic acids is 1. The molecular formula is C12H14BrNO. The van der Waals surface area contributed by atoms with Crippen LogP contribution < -0.4 is 5.32 Å². The topological polar surface area (TPSA) is 29.1 Å². The molecule has 0 heterocycles. The number of halogens is 1. The highest BCUT2D eigenvalue weighted by atomic mass is 79.9. The molecule has 0 spiro atoms. The fourth-order valence-corrected chi connectivity index (χ4v) is 2.04. The van der Waals surface area contributed by atoms with Crippen LogP contribution in [0.15, 0.2) is 22.7 Å². The standard InChI is InChI=1S/C12H14BrNO/c1-8-10(6-3-7-11(8)13)12(15)14-9-4-2-5-9/h3,6-7,9H,2,4-5H2,1H3,(H,14,15). The molecule has 1 aliphatic carbocycles. The molecule has 15 heavy (non-hydrogen) atoms. The fourth-order valence-electron chi connectivity index (χ4n) is 1.67. The summed E-state index contributed by atoms with van der Waals surface area (Å²) < 4.78 is 0.990. The second-order valence-electron chi connectivity index (χ2n) is 4.01. The summed E-state index contributed by atoms with van der Waals surface area (Å²) in [5.41, 5.74) is 1.78. The Balaban J connectivity index is 2.13. The van der Waals surface area contributed by atoms with Crippen LogP contribution in [0.1, 0.15) is 35.2 Å². The van der Waals surface area contributed by atoms with Gasteiger partial charge in [0.05, 0.1) is 0 Å². The maximum Gasteiger partial charge on any atom is 0.251 e. The predicted octanol–water partition coefficient (Wildman–Crippen LogP) is 3.04. The lowest BCUT2D eigenvalue weighted by Crippen LogP contribution is -2.39. The Morgan fingerprint density at radius 1 is 1.47 bits per heavy atom. The lowest BCUT2D eigenvalue weighted by Gasteiger charge is -2.26. The lowest BCUT2D eigenvalue weighted by molar-refractivity contribution is 0.0916. The molecule has 0 bridgehead atoms. The van der Waals surface area contributed by atoms with Crippen molar-refractivity contribution >= 4 is 21.8 Å². The molecule has 0 unspecified atom stereocenters. The summed E-state index contributed by atoms with van der Waals surface area (Å²) in [5.74, 6) is 0.0542. The van der Waals surface area contributed by atoms with Crippen LogP contribution in [0.3, 0.4) is 0 Å². The van der Waals surface area contributed by atoms with Crippen molar-refractivity contribution in [1.29, 1.82) is 0 Å². The van der Waals surface area contributed by atoms with Crippen LogP contribution in [-0.4, -0.2) is 11.9 Å². The van der Waals surface area contributed by atoms with Crippen molar-refractivity contribution in [2.24, 2.45) is 0 Å². The van der Waals surface area contributed by atoms with E-state index in [1.807, 2.05) is 25.1 Å². The summed E-state index contributed by atoms with van der Waals surface area (Å²) in [6, 6.07) is 6.12. The molecule has 1 aliphatic rings. The normalized spacial score (nSPS) is 15.9. The largest absolute Gasteiger partial charge is 0.349 e. The van der Waals surface area contributed by atoms with Gasteiger partial charge < -0.3 is 5.32 Å². The first-order valence-corrected chi connectivity index (χ1v) is 6.04. The molecule has 3 heteroatoms. The minimum absolute atomic E-state index is 0.0542. The number of benzene rings is 1. The third-order valence-electron chi connectivity index (χ3n) is 2.95. The van der Waals surface area contributed by atoms with Gasteiger partial charge in [-0.15, -0.1) is 0 Å². The van der Waals surface area contributed by atoms with Crippen LogP contribution in [0, 0.1) is 6.92 Å². The zero-order valence-electron chi connectivity index (χ0n) is 8.72. The van der Waals surface area contributed by atoms with Gasteiger partial charge in [-0.25, -0.2) is 0 Å². The second kappa shape index (κ2) is 4.35. The van der Waals surface area contributed by atoms with Crippen molar-refractivity contribution in [3.63, 3.8) is 0 Å². The summed E-state index contributed by atoms with van der Waals surface area (Å²) in [5, 5.41) is 3.04. The third-order valence-corrected chi connectivity index (χ3v) is 3.81. The molecule has 2 rings (SSSR count). The number of carbonyl (C=O) groups is 1. The van der Waals surface area contributed by atoms with Crippen LogP contribution >= 0.6 is 15.9 Å². The molecule has 2 nitrogen and oxygen atoms in total. The van der Waals surface area contributed by atoms with Gasteiger partial charge in [0.2, 0.25) is 0 Å². The summed E-state index contributed by atoms with van der Waals surface area (Å²) in [7, 11) is 0. The number of hydrogen-bond donors (Lipinski definition) is 1. The van der Waals surface area contributed by atoms with Crippen molar-refractivity contribution in [2.75, 3.05) is 0 Å². The molecule has 80 valence electrons. The average Bonchev–Trinajstić information content (AvgIpc) is 2.15. The SMILES string of the molecule is Cc1c(Br)cccc1C(=O)NC1CCC1. The highest BCUT2D eigenvalue weighted by Crippen LogP contribution is 2.22. The van der Waals surface area contributed by atoms with Crippen LogP contribution in [0.2, 0.25) is 0 Å². The Bertz CT molecular complexity index is 385. The average molecular weight is 268 g/mol. The van der Waals surface area contributed by atoms with E-state index in [4.69, 9.17) is 0 Å². The van der Waals surface area contributed by atoms with Crippen molar-refractivity contribution < 1.29 is 4.79 Å². The highest BCUT2D eigenvalue weighted by Gasteiger charge is 2.20. The maximum absolute atomic E-state index is 11.9. The van der Waals surface area contributed by atoms with Gasteiger partial charge >= 0.3 is 0 Å². The predicted molar refractivity (Wildman–Crippen MR) is 64.0 cm³/mol. The van der Waals surface area contributed by atoms with E-state index in [-0.39, 0.29) is 5.91 Å². The molecule has 1 aromatic carbocycles. The van der Waals surface area contributed by atoms with E-state index >= 15 is 0 Å². The second-order valence-corrected chi connectivity index (χ2v) is 4.87. The quantitative estimate of drug-likeness (QED) is 0.877. The Morgan fingerprint density at radius 3 is 2.80 bits per heavy atom. The molecule has 0 aliphatic heterocycles. The fraction of sp³-hybridized carbons (Fsp3) is 0.417. The van der Waals surface area contributed by atoms with E-state index in [9.17, 15) is 4.79 Å². The molecule has 1 saturated carbocycles. The first-order chi connectivity index (χ1) is 7.18. The van der Waals surface area contributed by atoms with E-state index < -0.39 is 0 Å². The van der Waals surface area contributed by atoms with Gasteiger partial charge in [0, 0.05) is 16.1 Å². The zero-order chi connectivity index (χ0) is 10.8. The molecule has 0 atom stereocenters. The van der Waals surface area contributed by atoms with Crippen molar-refractivity contribution in [3.8, 4) is 0 Å². The molecule has 1 fully saturated rings. The minimum Gasteiger partial charge on any atom is -0.349 e. The number of nitrogens with one attached hydrogen (secondary N) is 1. The van der Waals surface area contributed by atoms with Gasteiger partial charge in [0.25, 0.3) is 5.91 Å². The Kier molecular flexibility index (Phi) is 3.10. The third kappa shape index (κ3) is 2.23. The molecule has 0 radical (unpaired) electrons. The van der Waals surface area contributed by atoms with E-state index in [2.05, 4.69) is 21.2 Å². The smallest absolute Gasteiger partial charge is 0.251 e. The minimum atomic E-state index is 0.0542.